The molecule has 1 heterocycles. The van der Waals surface area contributed by atoms with Gasteiger partial charge in [0.1, 0.15) is 17.4 Å². The number of Topliss-reactive ketones (excluding diaryl/α,β-unsaturated/α-hetero) is 1. The number of benzene rings is 1. The van der Waals surface area contributed by atoms with Crippen molar-refractivity contribution in [2.75, 3.05) is 7.05 Å². The predicted octanol–water partition coefficient (Wildman–Crippen LogP) is 7.22. The van der Waals surface area contributed by atoms with Crippen LogP contribution in [0.25, 0.3) is 5.57 Å². The van der Waals surface area contributed by atoms with E-state index in [-0.39, 0.29) is 11.6 Å². The SMILES string of the molecule is C=C(/C=C1/C(F)=CC=C(C)N1C)c1ccccc1F.CC.CCCC(=O)CC. The highest BCUT2D eigenvalue weighted by atomic mass is 19.1. The quantitative estimate of drug-likeness (QED) is 0.530. The van der Waals surface area contributed by atoms with E-state index in [1.54, 1.807) is 42.3 Å². The molecule has 0 atom stereocenters. The Morgan fingerprint density at radius 2 is 1.75 bits per heavy atom. The van der Waals surface area contributed by atoms with Gasteiger partial charge >= 0.3 is 0 Å². The molecular weight excluding hydrogens is 356 g/mol. The third-order valence-electron chi connectivity index (χ3n) is 4.06. The van der Waals surface area contributed by atoms with Crippen molar-refractivity contribution in [3.05, 3.63) is 77.7 Å². The van der Waals surface area contributed by atoms with Crippen LogP contribution in [0.15, 0.2) is 66.3 Å². The molecule has 0 amide bonds. The Balaban J connectivity index is 0.000000688. The average Bonchev–Trinajstić information content (AvgIpc) is 2.70. The first-order valence-corrected chi connectivity index (χ1v) is 9.77. The molecule has 1 aliphatic heterocycles. The van der Waals surface area contributed by atoms with E-state index in [1.807, 2.05) is 34.6 Å². The van der Waals surface area contributed by atoms with E-state index in [0.717, 1.165) is 18.5 Å². The van der Waals surface area contributed by atoms with Gasteiger partial charge in [-0.3, -0.25) is 4.79 Å². The molecule has 0 unspecified atom stereocenters. The van der Waals surface area contributed by atoms with Crippen molar-refractivity contribution in [3.8, 4) is 0 Å². The van der Waals surface area contributed by atoms with Crippen molar-refractivity contribution in [1.82, 2.24) is 4.90 Å². The van der Waals surface area contributed by atoms with Gasteiger partial charge in [-0.2, -0.15) is 0 Å². The third kappa shape index (κ3) is 8.03. The maximum Gasteiger partial charge on any atom is 0.146 e. The molecule has 0 N–H and O–H groups in total. The van der Waals surface area contributed by atoms with Gasteiger partial charge < -0.3 is 4.90 Å². The van der Waals surface area contributed by atoms with Crippen molar-refractivity contribution >= 4 is 11.4 Å². The molecule has 0 fully saturated rings. The van der Waals surface area contributed by atoms with Crippen LogP contribution in [0.5, 0.6) is 0 Å². The van der Waals surface area contributed by atoms with E-state index in [4.69, 9.17) is 0 Å². The van der Waals surface area contributed by atoms with Crippen LogP contribution >= 0.6 is 0 Å². The second-order valence-electron chi connectivity index (χ2n) is 6.06. The summed E-state index contributed by atoms with van der Waals surface area (Å²) >= 11 is 0. The van der Waals surface area contributed by atoms with Gasteiger partial charge in [0, 0.05) is 31.1 Å². The molecule has 1 aliphatic rings. The maximum absolute atomic E-state index is 13.8. The highest BCUT2D eigenvalue weighted by Gasteiger charge is 2.16. The van der Waals surface area contributed by atoms with Crippen LogP contribution in [-0.2, 0) is 4.79 Å². The number of allylic oxidation sites excluding steroid dienone is 6. The molecule has 0 aliphatic carbocycles. The Hall–Kier alpha value is -2.49. The van der Waals surface area contributed by atoms with Crippen LogP contribution in [0.2, 0.25) is 0 Å². The summed E-state index contributed by atoms with van der Waals surface area (Å²) in [7, 11) is 1.76. The van der Waals surface area contributed by atoms with Gasteiger partial charge in [-0.15, -0.1) is 0 Å². The fourth-order valence-electron chi connectivity index (χ4n) is 2.33. The van der Waals surface area contributed by atoms with E-state index in [9.17, 15) is 13.6 Å². The molecule has 0 aromatic heterocycles. The molecule has 0 bridgehead atoms. The minimum atomic E-state index is -0.362. The smallest absolute Gasteiger partial charge is 0.146 e. The topological polar surface area (TPSA) is 20.3 Å². The maximum atomic E-state index is 13.8. The highest BCUT2D eigenvalue weighted by molar-refractivity contribution is 5.77. The molecule has 4 heteroatoms. The second-order valence-corrected chi connectivity index (χ2v) is 6.06. The van der Waals surface area contributed by atoms with Crippen molar-refractivity contribution in [3.63, 3.8) is 0 Å². The molecule has 0 spiro atoms. The van der Waals surface area contributed by atoms with Crippen molar-refractivity contribution < 1.29 is 13.6 Å². The molecule has 1 aromatic carbocycles. The van der Waals surface area contributed by atoms with Crippen LogP contribution in [0.1, 0.15) is 59.4 Å². The zero-order valence-corrected chi connectivity index (χ0v) is 18.0. The summed E-state index contributed by atoms with van der Waals surface area (Å²) in [5.74, 6) is -0.340. The van der Waals surface area contributed by atoms with Gasteiger partial charge in [0.25, 0.3) is 0 Å². The van der Waals surface area contributed by atoms with Crippen molar-refractivity contribution in [2.45, 2.75) is 53.9 Å². The lowest BCUT2D eigenvalue weighted by atomic mass is 10.0. The fraction of sp³-hybridized carbons (Fsp3) is 0.375. The Morgan fingerprint density at radius 1 is 1.14 bits per heavy atom. The van der Waals surface area contributed by atoms with Crippen LogP contribution in [0, 0.1) is 5.82 Å². The summed E-state index contributed by atoms with van der Waals surface area (Å²) in [5.41, 5.74) is 2.11. The van der Waals surface area contributed by atoms with Crippen LogP contribution < -0.4 is 0 Å². The number of carbonyl (C=O) groups excluding carboxylic acids is 1. The van der Waals surface area contributed by atoms with Crippen LogP contribution in [0.4, 0.5) is 8.78 Å². The highest BCUT2D eigenvalue weighted by Crippen LogP contribution is 2.28. The second kappa shape index (κ2) is 13.6. The monoisotopic (exact) mass is 389 g/mol. The number of ketones is 1. The number of carbonyl (C=O) groups is 1. The van der Waals surface area contributed by atoms with E-state index in [1.165, 1.54) is 12.1 Å². The summed E-state index contributed by atoms with van der Waals surface area (Å²) in [6.45, 7) is 13.6. The average molecular weight is 390 g/mol. The molecule has 2 nitrogen and oxygen atoms in total. The van der Waals surface area contributed by atoms with E-state index in [2.05, 4.69) is 6.58 Å². The zero-order valence-electron chi connectivity index (χ0n) is 18.0. The summed E-state index contributed by atoms with van der Waals surface area (Å²) in [6.07, 6.45) is 7.10. The van der Waals surface area contributed by atoms with Crippen LogP contribution in [-0.4, -0.2) is 17.7 Å². The molecule has 0 saturated carbocycles. The molecule has 0 radical (unpaired) electrons. The molecule has 1 aromatic rings. The number of halogens is 2. The van der Waals surface area contributed by atoms with Crippen molar-refractivity contribution in [2.24, 2.45) is 0 Å². The third-order valence-corrected chi connectivity index (χ3v) is 4.06. The van der Waals surface area contributed by atoms with E-state index in [0.29, 0.717) is 29.0 Å². The van der Waals surface area contributed by atoms with Gasteiger partial charge in [-0.25, -0.2) is 8.78 Å². The molecule has 2 rings (SSSR count). The molecular formula is C24H33F2NO. The summed E-state index contributed by atoms with van der Waals surface area (Å²) in [6, 6.07) is 6.33. The number of hydrogen-bond donors (Lipinski definition) is 0. The minimum absolute atomic E-state index is 0.356. The Morgan fingerprint density at radius 3 is 2.25 bits per heavy atom. The van der Waals surface area contributed by atoms with Gasteiger partial charge in [0.05, 0.1) is 5.70 Å². The molecule has 28 heavy (non-hydrogen) atoms. The predicted molar refractivity (Wildman–Crippen MR) is 116 cm³/mol. The first-order valence-electron chi connectivity index (χ1n) is 9.77. The Labute approximate surface area is 169 Å². The Bertz CT molecular complexity index is 745. The summed E-state index contributed by atoms with van der Waals surface area (Å²) in [4.78, 5) is 12.1. The summed E-state index contributed by atoms with van der Waals surface area (Å²) in [5, 5.41) is 0. The van der Waals surface area contributed by atoms with Gasteiger partial charge in [0.15, 0.2) is 0 Å². The lowest BCUT2D eigenvalue weighted by Gasteiger charge is -2.25. The standard InChI is InChI=1S/C16H15F2N.C6H12O.C2H6/c1-11(13-6-4-5-7-14(13)17)10-16-15(18)9-8-12(2)19(16)3;1-3-5-6(7)4-2;1-2/h4-10H,1H2,2-3H3;3-5H2,1-2H3;1-2H3/b16-10-;;. The number of nitrogens with zero attached hydrogens (tertiary/aromatic N) is 1. The Kier molecular flexibility index (Phi) is 12.4. The largest absolute Gasteiger partial charge is 0.346 e. The van der Waals surface area contributed by atoms with E-state index < -0.39 is 0 Å². The van der Waals surface area contributed by atoms with E-state index >= 15 is 0 Å². The lowest BCUT2D eigenvalue weighted by Crippen LogP contribution is -2.18. The lowest BCUT2D eigenvalue weighted by molar-refractivity contribution is -0.118. The van der Waals surface area contributed by atoms with Crippen LogP contribution in [0.3, 0.4) is 0 Å². The van der Waals surface area contributed by atoms with Gasteiger partial charge in [-0.05, 0) is 43.2 Å². The van der Waals surface area contributed by atoms with Crippen molar-refractivity contribution in [1.29, 1.82) is 0 Å². The zero-order chi connectivity index (χ0) is 21.7. The minimum Gasteiger partial charge on any atom is -0.346 e. The fourth-order valence-corrected chi connectivity index (χ4v) is 2.33. The summed E-state index contributed by atoms with van der Waals surface area (Å²) < 4.78 is 27.5. The molecule has 154 valence electrons. The first kappa shape index (κ1) is 25.5. The van der Waals surface area contributed by atoms with Gasteiger partial charge in [0.2, 0.25) is 0 Å². The number of hydrogen-bond acceptors (Lipinski definition) is 2. The first-order chi connectivity index (χ1) is 13.3. The normalized spacial score (nSPS) is 14.1. The molecule has 0 saturated heterocycles. The number of likely N-dealkylation sites (N-methyl/N-ethyl adjacent to an activating group) is 1. The van der Waals surface area contributed by atoms with Gasteiger partial charge in [-0.1, -0.05) is 52.5 Å². The number of rotatable bonds is 5.